The molecular formula is C14H18ClN3OS. The Morgan fingerprint density at radius 3 is 3.00 bits per heavy atom. The summed E-state index contributed by atoms with van der Waals surface area (Å²) >= 11 is 7.81. The van der Waals surface area contributed by atoms with E-state index < -0.39 is 0 Å². The van der Waals surface area contributed by atoms with Crippen molar-refractivity contribution in [1.82, 2.24) is 9.78 Å². The van der Waals surface area contributed by atoms with Gasteiger partial charge in [0, 0.05) is 12.6 Å². The highest BCUT2D eigenvalue weighted by atomic mass is 35.5. The average molecular weight is 312 g/mol. The van der Waals surface area contributed by atoms with Crippen LogP contribution in [-0.2, 0) is 13.0 Å². The zero-order valence-electron chi connectivity index (χ0n) is 11.6. The lowest BCUT2D eigenvalue weighted by molar-refractivity contribution is 0.568. The highest BCUT2D eigenvalue weighted by molar-refractivity contribution is 7.07. The number of hydrogen-bond acceptors (Lipinski definition) is 4. The molecule has 0 aliphatic rings. The molecule has 2 heterocycles. The van der Waals surface area contributed by atoms with Crippen molar-refractivity contribution in [3.05, 3.63) is 44.0 Å². The van der Waals surface area contributed by atoms with E-state index in [9.17, 15) is 4.79 Å². The van der Waals surface area contributed by atoms with Crippen molar-refractivity contribution in [1.29, 1.82) is 0 Å². The lowest BCUT2D eigenvalue weighted by Crippen LogP contribution is -2.26. The Bertz CT molecular complexity index is 609. The Hall–Kier alpha value is -1.33. The van der Waals surface area contributed by atoms with Crippen molar-refractivity contribution < 1.29 is 0 Å². The van der Waals surface area contributed by atoms with Crippen LogP contribution in [0.15, 0.2) is 27.8 Å². The van der Waals surface area contributed by atoms with Crippen LogP contribution in [0.3, 0.4) is 0 Å². The number of anilines is 1. The lowest BCUT2D eigenvalue weighted by atomic mass is 10.1. The van der Waals surface area contributed by atoms with Crippen LogP contribution in [0.5, 0.6) is 0 Å². The molecule has 0 spiro atoms. The van der Waals surface area contributed by atoms with Crippen LogP contribution >= 0.6 is 22.9 Å². The van der Waals surface area contributed by atoms with Gasteiger partial charge in [0.2, 0.25) is 0 Å². The minimum Gasteiger partial charge on any atom is -0.380 e. The third kappa shape index (κ3) is 3.61. The van der Waals surface area contributed by atoms with E-state index >= 15 is 0 Å². The summed E-state index contributed by atoms with van der Waals surface area (Å²) in [4.78, 5) is 12.0. The minimum absolute atomic E-state index is 0.185. The second kappa shape index (κ2) is 6.90. The van der Waals surface area contributed by atoms with Crippen LogP contribution in [-0.4, -0.2) is 15.8 Å². The van der Waals surface area contributed by atoms with Crippen molar-refractivity contribution >= 4 is 28.6 Å². The van der Waals surface area contributed by atoms with E-state index in [4.69, 9.17) is 11.6 Å². The third-order valence-corrected chi connectivity index (χ3v) is 4.04. The fourth-order valence-corrected chi connectivity index (χ4v) is 2.90. The molecule has 0 saturated heterocycles. The number of hydrogen-bond donors (Lipinski definition) is 1. The molecule has 108 valence electrons. The van der Waals surface area contributed by atoms with E-state index in [-0.39, 0.29) is 16.6 Å². The Kier molecular flexibility index (Phi) is 5.20. The van der Waals surface area contributed by atoms with Crippen LogP contribution < -0.4 is 10.9 Å². The monoisotopic (exact) mass is 311 g/mol. The second-order valence-corrected chi connectivity index (χ2v) is 5.94. The molecule has 2 rings (SSSR count). The number of nitrogens with zero attached hydrogens (tertiary/aromatic N) is 2. The van der Waals surface area contributed by atoms with Gasteiger partial charge in [0.15, 0.2) is 0 Å². The molecule has 0 aromatic carbocycles. The zero-order valence-corrected chi connectivity index (χ0v) is 13.2. The number of thiophene rings is 1. The molecule has 20 heavy (non-hydrogen) atoms. The number of rotatable bonds is 6. The molecule has 4 nitrogen and oxygen atoms in total. The molecule has 1 N–H and O–H groups in total. The number of aromatic nitrogens is 2. The third-order valence-electron chi connectivity index (χ3n) is 2.94. The van der Waals surface area contributed by atoms with Gasteiger partial charge in [-0.05, 0) is 42.2 Å². The molecule has 0 aliphatic carbocycles. The summed E-state index contributed by atoms with van der Waals surface area (Å²) in [5.74, 6) is 0. The number of halogens is 1. The van der Waals surface area contributed by atoms with Gasteiger partial charge in [-0.25, -0.2) is 4.68 Å². The Balaban J connectivity index is 2.09. The molecule has 2 aromatic heterocycles. The number of aryl methyl sites for hydroxylation is 1. The summed E-state index contributed by atoms with van der Waals surface area (Å²) in [7, 11) is 0. The van der Waals surface area contributed by atoms with Gasteiger partial charge >= 0.3 is 0 Å². The molecule has 0 amide bonds. The maximum Gasteiger partial charge on any atom is 0.287 e. The highest BCUT2D eigenvalue weighted by Crippen LogP contribution is 2.18. The van der Waals surface area contributed by atoms with Gasteiger partial charge in [-0.2, -0.15) is 16.4 Å². The summed E-state index contributed by atoms with van der Waals surface area (Å²) in [6.45, 7) is 4.64. The van der Waals surface area contributed by atoms with Crippen LogP contribution in [0, 0.1) is 0 Å². The van der Waals surface area contributed by atoms with E-state index in [1.54, 1.807) is 17.5 Å². The normalized spacial score (nSPS) is 12.3. The van der Waals surface area contributed by atoms with E-state index in [1.807, 2.05) is 6.92 Å². The minimum atomic E-state index is -0.235. The van der Waals surface area contributed by atoms with Gasteiger partial charge in [0.05, 0.1) is 11.9 Å². The summed E-state index contributed by atoms with van der Waals surface area (Å²) in [6, 6.07) is 2.28. The largest absolute Gasteiger partial charge is 0.380 e. The molecule has 0 bridgehead atoms. The van der Waals surface area contributed by atoms with Gasteiger partial charge in [0.1, 0.15) is 5.02 Å². The van der Waals surface area contributed by atoms with Crippen LogP contribution in [0.2, 0.25) is 5.02 Å². The topological polar surface area (TPSA) is 46.9 Å². The molecule has 0 aliphatic heterocycles. The average Bonchev–Trinajstić information content (AvgIpc) is 2.91. The van der Waals surface area contributed by atoms with Crippen molar-refractivity contribution in [2.75, 3.05) is 5.32 Å². The zero-order chi connectivity index (χ0) is 14.5. The molecule has 0 saturated carbocycles. The van der Waals surface area contributed by atoms with Gasteiger partial charge in [-0.15, -0.1) is 0 Å². The molecule has 0 radical (unpaired) electrons. The van der Waals surface area contributed by atoms with Crippen molar-refractivity contribution in [3.8, 4) is 0 Å². The van der Waals surface area contributed by atoms with Gasteiger partial charge < -0.3 is 5.32 Å². The summed E-state index contributed by atoms with van der Waals surface area (Å²) < 4.78 is 1.40. The van der Waals surface area contributed by atoms with E-state index in [0.717, 1.165) is 12.8 Å². The fourth-order valence-electron chi connectivity index (χ4n) is 2.02. The first kappa shape index (κ1) is 15.1. The van der Waals surface area contributed by atoms with Crippen LogP contribution in [0.4, 0.5) is 5.69 Å². The first-order chi connectivity index (χ1) is 9.61. The maximum atomic E-state index is 12.0. The Labute approximate surface area is 127 Å². The molecule has 1 unspecified atom stereocenters. The predicted octanol–water partition coefficient (Wildman–Crippen LogP) is 3.41. The molecule has 6 heteroatoms. The van der Waals surface area contributed by atoms with Gasteiger partial charge in [-0.1, -0.05) is 18.5 Å². The van der Waals surface area contributed by atoms with Gasteiger partial charge in [-0.3, -0.25) is 4.79 Å². The fraction of sp³-hybridized carbons (Fsp3) is 0.429. The van der Waals surface area contributed by atoms with Crippen LogP contribution in [0.25, 0.3) is 0 Å². The maximum absolute atomic E-state index is 12.0. The van der Waals surface area contributed by atoms with E-state index in [1.165, 1.54) is 10.2 Å². The first-order valence-corrected chi connectivity index (χ1v) is 7.97. The summed E-state index contributed by atoms with van der Waals surface area (Å²) in [5.41, 5.74) is 1.64. The number of nitrogens with one attached hydrogen (secondary N) is 1. The van der Waals surface area contributed by atoms with Crippen LogP contribution in [0.1, 0.15) is 25.8 Å². The highest BCUT2D eigenvalue weighted by Gasteiger charge is 2.11. The van der Waals surface area contributed by atoms with E-state index in [0.29, 0.717) is 12.2 Å². The Morgan fingerprint density at radius 1 is 1.55 bits per heavy atom. The summed E-state index contributed by atoms with van der Waals surface area (Å²) in [6.07, 6.45) is 3.37. The van der Waals surface area contributed by atoms with E-state index in [2.05, 4.69) is 34.2 Å². The lowest BCUT2D eigenvalue weighted by Gasteiger charge is -2.16. The molecule has 1 atom stereocenters. The molecule has 0 fully saturated rings. The smallest absolute Gasteiger partial charge is 0.287 e. The predicted molar refractivity (Wildman–Crippen MR) is 84.9 cm³/mol. The summed E-state index contributed by atoms with van der Waals surface area (Å²) in [5, 5.41) is 11.8. The van der Waals surface area contributed by atoms with Crippen molar-refractivity contribution in [2.45, 2.75) is 39.3 Å². The van der Waals surface area contributed by atoms with Gasteiger partial charge in [0.25, 0.3) is 5.56 Å². The quantitative estimate of drug-likeness (QED) is 0.889. The molecular weight excluding hydrogens is 294 g/mol. The Morgan fingerprint density at radius 2 is 2.35 bits per heavy atom. The molecule has 2 aromatic rings. The second-order valence-electron chi connectivity index (χ2n) is 4.78. The van der Waals surface area contributed by atoms with Crippen molar-refractivity contribution in [3.63, 3.8) is 0 Å². The first-order valence-electron chi connectivity index (χ1n) is 6.65. The SMILES string of the molecule is CCCn1ncc(NC(C)Cc2ccsc2)c(Cl)c1=O. The van der Waals surface area contributed by atoms with Crippen molar-refractivity contribution in [2.24, 2.45) is 0 Å². The standard InChI is InChI=1S/C14H18ClN3OS/c1-3-5-18-14(19)13(15)12(8-16-18)17-10(2)7-11-4-6-20-9-11/h4,6,8-10,17H,3,5,7H2,1-2H3.